The molecule has 0 aromatic heterocycles. The van der Waals surface area contributed by atoms with Gasteiger partial charge in [-0.25, -0.2) is 0 Å². The normalized spacial score (nSPS) is 19.2. The Hall–Kier alpha value is -1.62. The minimum absolute atomic E-state index is 0.157. The maximum Gasteiger partial charge on any atom is 0.272 e. The predicted octanol–water partition coefficient (Wildman–Crippen LogP) is 2.59. The summed E-state index contributed by atoms with van der Waals surface area (Å²) in [6, 6.07) is 3.35. The van der Waals surface area contributed by atoms with E-state index in [9.17, 15) is 10.1 Å². The van der Waals surface area contributed by atoms with Gasteiger partial charge in [0.05, 0.1) is 11.5 Å². The van der Waals surface area contributed by atoms with Gasteiger partial charge in [-0.05, 0) is 44.9 Å². The van der Waals surface area contributed by atoms with Crippen molar-refractivity contribution >= 4 is 5.69 Å². The van der Waals surface area contributed by atoms with Crippen molar-refractivity contribution in [1.82, 2.24) is 5.32 Å². The highest BCUT2D eigenvalue weighted by molar-refractivity contribution is 5.49. The first kappa shape index (κ1) is 13.8. The summed E-state index contributed by atoms with van der Waals surface area (Å²) in [6.07, 6.45) is 2.37. The van der Waals surface area contributed by atoms with Crippen molar-refractivity contribution < 1.29 is 9.66 Å². The van der Waals surface area contributed by atoms with Crippen LogP contribution < -0.4 is 10.1 Å². The molecule has 2 rings (SSSR count). The highest BCUT2D eigenvalue weighted by Gasteiger charge is 2.17. The van der Waals surface area contributed by atoms with Crippen molar-refractivity contribution in [3.63, 3.8) is 0 Å². The summed E-state index contributed by atoms with van der Waals surface area (Å²) in [5.74, 6) is 1.29. The standard InChI is InChI=1S/C14H20N2O3/c1-10-7-14(11(2)6-13(10)16(17)18)19-9-12-4-3-5-15-8-12/h6-7,12,15H,3-5,8-9H2,1-2H3. The fraction of sp³-hybridized carbons (Fsp3) is 0.571. The second-order valence-electron chi connectivity index (χ2n) is 5.18. The van der Waals surface area contributed by atoms with Crippen molar-refractivity contribution in [2.24, 2.45) is 5.92 Å². The average molecular weight is 264 g/mol. The molecule has 1 aliphatic rings. The Morgan fingerprint density at radius 1 is 1.42 bits per heavy atom. The lowest BCUT2D eigenvalue weighted by Gasteiger charge is -2.23. The fourth-order valence-electron chi connectivity index (χ4n) is 2.40. The molecule has 1 aromatic rings. The summed E-state index contributed by atoms with van der Waals surface area (Å²) in [6.45, 7) is 6.34. The molecule has 5 heteroatoms. The number of nitrogens with one attached hydrogen (secondary N) is 1. The van der Waals surface area contributed by atoms with E-state index < -0.39 is 0 Å². The number of ether oxygens (including phenoxy) is 1. The van der Waals surface area contributed by atoms with Gasteiger partial charge in [-0.1, -0.05) is 0 Å². The van der Waals surface area contributed by atoms with E-state index in [4.69, 9.17) is 4.74 Å². The van der Waals surface area contributed by atoms with Crippen LogP contribution in [0.25, 0.3) is 0 Å². The van der Waals surface area contributed by atoms with Crippen molar-refractivity contribution in [3.05, 3.63) is 33.4 Å². The third-order valence-electron chi connectivity index (χ3n) is 3.56. The summed E-state index contributed by atoms with van der Waals surface area (Å²) < 4.78 is 5.83. The number of aryl methyl sites for hydroxylation is 2. The van der Waals surface area contributed by atoms with E-state index in [1.165, 1.54) is 12.8 Å². The van der Waals surface area contributed by atoms with Crippen LogP contribution in [0.4, 0.5) is 5.69 Å². The van der Waals surface area contributed by atoms with E-state index in [1.54, 1.807) is 19.1 Å². The number of rotatable bonds is 4. The van der Waals surface area contributed by atoms with Crippen LogP contribution in [-0.4, -0.2) is 24.6 Å². The molecule has 1 aromatic carbocycles. The number of nitrogens with zero attached hydrogens (tertiary/aromatic N) is 1. The second-order valence-corrected chi connectivity index (χ2v) is 5.18. The molecule has 0 saturated carbocycles. The fourth-order valence-corrected chi connectivity index (χ4v) is 2.40. The van der Waals surface area contributed by atoms with Crippen LogP contribution in [0.1, 0.15) is 24.0 Å². The monoisotopic (exact) mass is 264 g/mol. The maximum atomic E-state index is 10.8. The van der Waals surface area contributed by atoms with E-state index >= 15 is 0 Å². The third-order valence-corrected chi connectivity index (χ3v) is 3.56. The summed E-state index contributed by atoms with van der Waals surface area (Å²) in [7, 11) is 0. The average Bonchev–Trinajstić information content (AvgIpc) is 2.40. The zero-order chi connectivity index (χ0) is 13.8. The van der Waals surface area contributed by atoms with Gasteiger partial charge >= 0.3 is 0 Å². The number of nitro groups is 1. The minimum Gasteiger partial charge on any atom is -0.493 e. The zero-order valence-electron chi connectivity index (χ0n) is 11.4. The molecule has 1 fully saturated rings. The summed E-state index contributed by atoms with van der Waals surface area (Å²) in [4.78, 5) is 10.5. The van der Waals surface area contributed by atoms with Crippen LogP contribution in [0.15, 0.2) is 12.1 Å². The van der Waals surface area contributed by atoms with E-state index in [1.807, 2.05) is 6.92 Å². The number of nitro benzene ring substituents is 1. The highest BCUT2D eigenvalue weighted by atomic mass is 16.6. The number of hydrogen-bond acceptors (Lipinski definition) is 4. The Labute approximate surface area is 113 Å². The summed E-state index contributed by atoms with van der Waals surface area (Å²) in [5.41, 5.74) is 1.62. The van der Waals surface area contributed by atoms with E-state index in [-0.39, 0.29) is 10.6 Å². The third kappa shape index (κ3) is 3.44. The molecular weight excluding hydrogens is 244 g/mol. The molecule has 1 atom stereocenters. The molecule has 0 aliphatic carbocycles. The lowest BCUT2D eigenvalue weighted by molar-refractivity contribution is -0.385. The van der Waals surface area contributed by atoms with Crippen LogP contribution in [0.2, 0.25) is 0 Å². The molecule has 1 heterocycles. The van der Waals surface area contributed by atoms with Crippen LogP contribution in [0.3, 0.4) is 0 Å². The topological polar surface area (TPSA) is 64.4 Å². The van der Waals surface area contributed by atoms with Gasteiger partial charge in [-0.3, -0.25) is 10.1 Å². The number of benzene rings is 1. The molecule has 0 bridgehead atoms. The molecule has 1 N–H and O–H groups in total. The van der Waals surface area contributed by atoms with Crippen molar-refractivity contribution in [2.45, 2.75) is 26.7 Å². The first-order valence-corrected chi connectivity index (χ1v) is 6.67. The molecular formula is C14H20N2O3. The molecule has 1 aliphatic heterocycles. The molecule has 19 heavy (non-hydrogen) atoms. The Morgan fingerprint density at radius 2 is 2.21 bits per heavy atom. The Kier molecular flexibility index (Phi) is 4.37. The van der Waals surface area contributed by atoms with E-state index in [0.717, 1.165) is 24.4 Å². The van der Waals surface area contributed by atoms with Gasteiger partial charge in [0.25, 0.3) is 5.69 Å². The molecule has 0 amide bonds. The minimum atomic E-state index is -0.350. The molecule has 0 spiro atoms. The summed E-state index contributed by atoms with van der Waals surface area (Å²) in [5, 5.41) is 14.2. The molecule has 1 unspecified atom stereocenters. The van der Waals surface area contributed by atoms with E-state index in [2.05, 4.69) is 5.32 Å². The largest absolute Gasteiger partial charge is 0.493 e. The van der Waals surface area contributed by atoms with Crippen LogP contribution >= 0.6 is 0 Å². The van der Waals surface area contributed by atoms with Gasteiger partial charge in [0.2, 0.25) is 0 Å². The SMILES string of the molecule is Cc1cc([N+](=O)[O-])c(C)cc1OCC1CCCNC1. The number of hydrogen-bond donors (Lipinski definition) is 1. The van der Waals surface area contributed by atoms with Gasteiger partial charge in [0, 0.05) is 24.1 Å². The van der Waals surface area contributed by atoms with Crippen LogP contribution in [-0.2, 0) is 0 Å². The molecule has 5 nitrogen and oxygen atoms in total. The quantitative estimate of drug-likeness (QED) is 0.670. The number of piperidine rings is 1. The molecule has 0 radical (unpaired) electrons. The Bertz CT molecular complexity index is 468. The van der Waals surface area contributed by atoms with E-state index in [0.29, 0.717) is 18.1 Å². The van der Waals surface area contributed by atoms with Crippen molar-refractivity contribution in [1.29, 1.82) is 0 Å². The van der Waals surface area contributed by atoms with Gasteiger partial charge in [0.1, 0.15) is 5.75 Å². The lowest BCUT2D eigenvalue weighted by Crippen LogP contribution is -2.33. The predicted molar refractivity (Wildman–Crippen MR) is 73.7 cm³/mol. The smallest absolute Gasteiger partial charge is 0.272 e. The molecule has 1 saturated heterocycles. The first-order chi connectivity index (χ1) is 9.08. The van der Waals surface area contributed by atoms with Crippen molar-refractivity contribution in [3.8, 4) is 5.75 Å². The van der Waals surface area contributed by atoms with Crippen LogP contribution in [0, 0.1) is 29.9 Å². The molecule has 104 valence electrons. The summed E-state index contributed by atoms with van der Waals surface area (Å²) >= 11 is 0. The van der Waals surface area contributed by atoms with Crippen LogP contribution in [0.5, 0.6) is 5.75 Å². The second kappa shape index (κ2) is 6.02. The lowest BCUT2D eigenvalue weighted by atomic mass is 10.0. The van der Waals surface area contributed by atoms with Gasteiger partial charge in [-0.15, -0.1) is 0 Å². The maximum absolute atomic E-state index is 10.8. The van der Waals surface area contributed by atoms with Gasteiger partial charge in [-0.2, -0.15) is 0 Å². The Morgan fingerprint density at radius 3 is 2.84 bits per heavy atom. The first-order valence-electron chi connectivity index (χ1n) is 6.67. The van der Waals surface area contributed by atoms with Gasteiger partial charge in [0.15, 0.2) is 0 Å². The Balaban J connectivity index is 2.04. The van der Waals surface area contributed by atoms with Gasteiger partial charge < -0.3 is 10.1 Å². The van der Waals surface area contributed by atoms with Crippen molar-refractivity contribution in [2.75, 3.05) is 19.7 Å². The highest BCUT2D eigenvalue weighted by Crippen LogP contribution is 2.28. The zero-order valence-corrected chi connectivity index (χ0v) is 11.4.